The lowest BCUT2D eigenvalue weighted by atomic mass is 9.93. The molecule has 0 bridgehead atoms. The molecule has 0 aromatic carbocycles. The third-order valence-corrected chi connectivity index (χ3v) is 5.73. The van der Waals surface area contributed by atoms with Crippen molar-refractivity contribution in [1.29, 1.82) is 0 Å². The molecule has 1 atom stereocenters. The van der Waals surface area contributed by atoms with Crippen molar-refractivity contribution in [2.75, 3.05) is 32.1 Å². The summed E-state index contributed by atoms with van der Waals surface area (Å²) in [5.74, 6) is 1.12. The molecule has 0 aliphatic carbocycles. The van der Waals surface area contributed by atoms with Crippen molar-refractivity contribution in [3.63, 3.8) is 0 Å². The van der Waals surface area contributed by atoms with Gasteiger partial charge >= 0.3 is 0 Å². The molecule has 6 heteroatoms. The van der Waals surface area contributed by atoms with E-state index in [1.54, 1.807) is 12.4 Å². The van der Waals surface area contributed by atoms with E-state index >= 15 is 0 Å². The number of nitrogens with zero attached hydrogens (tertiary/aromatic N) is 2. The molecule has 2 fully saturated rings. The smallest absolute Gasteiger partial charge is 0.248 e. The van der Waals surface area contributed by atoms with Gasteiger partial charge in [0.2, 0.25) is 5.91 Å². The van der Waals surface area contributed by atoms with Crippen LogP contribution in [0.2, 0.25) is 0 Å². The number of hydrogen-bond acceptors (Lipinski definition) is 5. The van der Waals surface area contributed by atoms with Gasteiger partial charge in [-0.15, -0.1) is 11.8 Å². The summed E-state index contributed by atoms with van der Waals surface area (Å²) in [6.07, 6.45) is 4.89. The first kappa shape index (κ1) is 15.8. The van der Waals surface area contributed by atoms with Gasteiger partial charge in [-0.3, -0.25) is 9.78 Å². The first-order chi connectivity index (χ1) is 10.7. The molecule has 2 aliphatic heterocycles. The first-order valence-electron chi connectivity index (χ1n) is 7.71. The van der Waals surface area contributed by atoms with Crippen LogP contribution in [-0.4, -0.2) is 58.7 Å². The molecule has 3 rings (SSSR count). The van der Waals surface area contributed by atoms with Crippen LogP contribution in [-0.2, 0) is 20.9 Å². The van der Waals surface area contributed by atoms with Gasteiger partial charge in [0.05, 0.1) is 17.5 Å². The minimum absolute atomic E-state index is 0.106. The Labute approximate surface area is 135 Å². The molecule has 1 amide bonds. The highest BCUT2D eigenvalue weighted by molar-refractivity contribution is 8.01. The van der Waals surface area contributed by atoms with Crippen LogP contribution in [0.15, 0.2) is 24.5 Å². The highest BCUT2D eigenvalue weighted by Crippen LogP contribution is 2.46. The number of pyridine rings is 1. The Bertz CT molecular complexity index is 505. The van der Waals surface area contributed by atoms with Crippen LogP contribution < -0.4 is 0 Å². The lowest BCUT2D eigenvalue weighted by Gasteiger charge is -2.47. The van der Waals surface area contributed by atoms with Gasteiger partial charge in [-0.2, -0.15) is 0 Å². The topological polar surface area (TPSA) is 51.7 Å². The minimum atomic E-state index is 0.106. The van der Waals surface area contributed by atoms with Gasteiger partial charge in [-0.05, 0) is 31.0 Å². The van der Waals surface area contributed by atoms with Crippen molar-refractivity contribution in [2.24, 2.45) is 0 Å². The van der Waals surface area contributed by atoms with Crippen LogP contribution >= 0.6 is 11.8 Å². The van der Waals surface area contributed by atoms with Crippen LogP contribution in [0.25, 0.3) is 0 Å². The van der Waals surface area contributed by atoms with E-state index in [-0.39, 0.29) is 23.4 Å². The van der Waals surface area contributed by atoms with Crippen molar-refractivity contribution < 1.29 is 14.3 Å². The Hall–Kier alpha value is -1.11. The second kappa shape index (κ2) is 6.98. The normalized spacial score (nSPS) is 22.8. The van der Waals surface area contributed by atoms with Crippen LogP contribution in [0.3, 0.4) is 0 Å². The number of aromatic nitrogens is 1. The first-order valence-corrected chi connectivity index (χ1v) is 8.69. The molecule has 2 saturated heterocycles. The van der Waals surface area contributed by atoms with E-state index in [9.17, 15) is 4.79 Å². The lowest BCUT2D eigenvalue weighted by Crippen LogP contribution is -2.61. The zero-order valence-corrected chi connectivity index (χ0v) is 13.7. The van der Waals surface area contributed by atoms with Gasteiger partial charge in [0, 0.05) is 37.8 Å². The highest BCUT2D eigenvalue weighted by Gasteiger charge is 2.50. The van der Waals surface area contributed by atoms with Gasteiger partial charge in [0.1, 0.15) is 6.61 Å². The molecular weight excluding hydrogens is 300 g/mol. The van der Waals surface area contributed by atoms with E-state index in [0.717, 1.165) is 30.8 Å². The molecule has 1 aromatic rings. The highest BCUT2D eigenvalue weighted by atomic mass is 32.2. The van der Waals surface area contributed by atoms with E-state index < -0.39 is 0 Å². The Morgan fingerprint density at radius 3 is 2.95 bits per heavy atom. The molecule has 3 heterocycles. The van der Waals surface area contributed by atoms with Gasteiger partial charge in [0.25, 0.3) is 0 Å². The largest absolute Gasteiger partial charge is 0.373 e. The summed E-state index contributed by atoms with van der Waals surface area (Å²) < 4.78 is 11.4. The summed E-state index contributed by atoms with van der Waals surface area (Å²) in [6, 6.07) is 3.96. The molecule has 120 valence electrons. The second-order valence-corrected chi connectivity index (χ2v) is 7.36. The average Bonchev–Trinajstić information content (AvgIpc) is 2.95. The Morgan fingerprint density at radius 1 is 1.45 bits per heavy atom. The molecule has 5 nitrogen and oxygen atoms in total. The Morgan fingerprint density at radius 2 is 2.23 bits per heavy atom. The van der Waals surface area contributed by atoms with Crippen molar-refractivity contribution in [2.45, 2.75) is 30.8 Å². The molecule has 0 radical (unpaired) electrons. The van der Waals surface area contributed by atoms with Gasteiger partial charge in [-0.1, -0.05) is 0 Å². The molecular formula is C16H22N2O3S. The van der Waals surface area contributed by atoms with E-state index in [1.807, 2.05) is 35.7 Å². The SMILES string of the molecule is CCOCC(=O)N1CC2(C[C@H](OCc3ccncc3)CS2)C1. The maximum Gasteiger partial charge on any atom is 0.248 e. The maximum atomic E-state index is 11.9. The summed E-state index contributed by atoms with van der Waals surface area (Å²) in [7, 11) is 0. The lowest BCUT2D eigenvalue weighted by molar-refractivity contribution is -0.141. The van der Waals surface area contributed by atoms with Crippen LogP contribution in [0.1, 0.15) is 18.9 Å². The molecule has 0 N–H and O–H groups in total. The molecule has 22 heavy (non-hydrogen) atoms. The number of carbonyl (C=O) groups excluding carboxylic acids is 1. The predicted octanol–water partition coefficient (Wildman–Crippen LogP) is 1.72. The van der Waals surface area contributed by atoms with Crippen LogP contribution in [0, 0.1) is 0 Å². The number of ether oxygens (including phenoxy) is 2. The van der Waals surface area contributed by atoms with Crippen LogP contribution in [0.5, 0.6) is 0 Å². The fraction of sp³-hybridized carbons (Fsp3) is 0.625. The fourth-order valence-electron chi connectivity index (χ4n) is 2.93. The summed E-state index contributed by atoms with van der Waals surface area (Å²) >= 11 is 1.95. The third kappa shape index (κ3) is 3.62. The zero-order valence-electron chi connectivity index (χ0n) is 12.9. The number of hydrogen-bond donors (Lipinski definition) is 0. The quantitative estimate of drug-likeness (QED) is 0.798. The maximum absolute atomic E-state index is 11.9. The van der Waals surface area contributed by atoms with E-state index in [4.69, 9.17) is 9.47 Å². The van der Waals surface area contributed by atoms with Gasteiger partial charge in [-0.25, -0.2) is 0 Å². The second-order valence-electron chi connectivity index (χ2n) is 5.87. The minimum Gasteiger partial charge on any atom is -0.373 e. The molecule has 1 aromatic heterocycles. The summed E-state index contributed by atoms with van der Waals surface area (Å²) in [6.45, 7) is 5.00. The number of amides is 1. The van der Waals surface area contributed by atoms with Crippen molar-refractivity contribution in [3.05, 3.63) is 30.1 Å². The fourth-order valence-corrected chi connectivity index (χ4v) is 4.48. The summed E-state index contributed by atoms with van der Waals surface area (Å²) in [5.41, 5.74) is 1.16. The van der Waals surface area contributed by atoms with Crippen molar-refractivity contribution in [1.82, 2.24) is 9.88 Å². The number of likely N-dealkylation sites (tertiary alicyclic amines) is 1. The summed E-state index contributed by atoms with van der Waals surface area (Å²) in [5, 5.41) is 0. The van der Waals surface area contributed by atoms with E-state index in [1.165, 1.54) is 0 Å². The molecule has 0 saturated carbocycles. The monoisotopic (exact) mass is 322 g/mol. The molecule has 0 unspecified atom stereocenters. The Kier molecular flexibility index (Phi) is 5.00. The standard InChI is InChI=1S/C16H22N2O3S/c1-2-20-9-15(19)18-11-16(12-18)7-14(10-22-16)21-8-13-3-5-17-6-4-13/h3-6,14H,2,7-12H2,1H3/t14-/m0/s1. The van der Waals surface area contributed by atoms with Crippen molar-refractivity contribution in [3.8, 4) is 0 Å². The third-order valence-electron chi connectivity index (χ3n) is 4.15. The summed E-state index contributed by atoms with van der Waals surface area (Å²) in [4.78, 5) is 17.8. The van der Waals surface area contributed by atoms with Gasteiger partial charge in [0.15, 0.2) is 0 Å². The van der Waals surface area contributed by atoms with Crippen molar-refractivity contribution >= 4 is 17.7 Å². The average molecular weight is 322 g/mol. The molecule has 2 aliphatic rings. The van der Waals surface area contributed by atoms with E-state index in [2.05, 4.69) is 4.98 Å². The van der Waals surface area contributed by atoms with Gasteiger partial charge < -0.3 is 14.4 Å². The number of thioether (sulfide) groups is 1. The van der Waals surface area contributed by atoms with Crippen LogP contribution in [0.4, 0.5) is 0 Å². The number of carbonyl (C=O) groups is 1. The molecule has 1 spiro atoms. The Balaban J connectivity index is 1.41. The predicted molar refractivity (Wildman–Crippen MR) is 85.7 cm³/mol. The van der Waals surface area contributed by atoms with E-state index in [0.29, 0.717) is 13.2 Å². The number of rotatable bonds is 6. The zero-order chi connectivity index (χ0) is 15.4.